The van der Waals surface area contributed by atoms with Gasteiger partial charge >= 0.3 is 5.97 Å². The van der Waals surface area contributed by atoms with Gasteiger partial charge in [-0.3, -0.25) is 0 Å². The van der Waals surface area contributed by atoms with Gasteiger partial charge in [0, 0.05) is 11.0 Å². The molecule has 4 rings (SSSR count). The monoisotopic (exact) mass is 412 g/mol. The molecule has 3 saturated carbocycles. The maximum absolute atomic E-state index is 12.5. The van der Waals surface area contributed by atoms with Crippen molar-refractivity contribution in [1.29, 1.82) is 0 Å². The normalized spacial score (nSPS) is 37.1. The van der Waals surface area contributed by atoms with Crippen LogP contribution in [0.2, 0.25) is 0 Å². The average molecular weight is 413 g/mol. The van der Waals surface area contributed by atoms with Crippen molar-refractivity contribution in [1.82, 2.24) is 0 Å². The maximum Gasteiger partial charge on any atom is 0.332 e. The zero-order chi connectivity index (χ0) is 21.7. The topological polar surface area (TPSA) is 66.8 Å². The Balaban J connectivity index is 1.68. The molecule has 0 aliphatic heterocycles. The molecule has 0 radical (unpaired) electrons. The molecule has 0 aromatic heterocycles. The van der Waals surface area contributed by atoms with Crippen LogP contribution >= 0.6 is 0 Å². The Morgan fingerprint density at radius 1 is 1.13 bits per heavy atom. The first kappa shape index (κ1) is 21.4. The molecule has 1 aromatic carbocycles. The molecule has 1 spiro atoms. The summed E-state index contributed by atoms with van der Waals surface area (Å²) in [4.78, 5) is 12.5. The summed E-state index contributed by atoms with van der Waals surface area (Å²) in [6.07, 6.45) is 7.77. The SMILES string of the molecule is C[C@@H]1CC[C@H]2C(C)(C)[C@H]3C[C@@]12CC[C@@]3(C)/C(=C\c1ccc(OCCO)cc1)C(=O)O. The third-order valence-electron chi connectivity index (χ3n) is 9.22. The van der Waals surface area contributed by atoms with Crippen LogP contribution in [-0.2, 0) is 4.79 Å². The molecule has 164 valence electrons. The van der Waals surface area contributed by atoms with Crippen molar-refractivity contribution >= 4 is 12.0 Å². The highest BCUT2D eigenvalue weighted by Gasteiger charge is 2.68. The Hall–Kier alpha value is -1.81. The second-order valence-corrected chi connectivity index (χ2v) is 10.8. The van der Waals surface area contributed by atoms with Crippen molar-refractivity contribution < 1.29 is 19.7 Å². The molecule has 30 heavy (non-hydrogen) atoms. The van der Waals surface area contributed by atoms with Gasteiger partial charge in [0.2, 0.25) is 0 Å². The molecule has 5 atom stereocenters. The number of hydrogen-bond acceptors (Lipinski definition) is 3. The highest BCUT2D eigenvalue weighted by Crippen LogP contribution is 2.75. The number of fused-ring (bicyclic) bond motifs is 1. The molecule has 1 aromatic rings. The molecule has 0 heterocycles. The van der Waals surface area contributed by atoms with Gasteiger partial charge in [-0.25, -0.2) is 4.79 Å². The van der Waals surface area contributed by atoms with Crippen LogP contribution < -0.4 is 4.74 Å². The molecule has 4 heteroatoms. The zero-order valence-electron chi connectivity index (χ0n) is 18.8. The first-order valence-corrected chi connectivity index (χ1v) is 11.4. The van der Waals surface area contributed by atoms with E-state index in [1.165, 1.54) is 19.3 Å². The zero-order valence-corrected chi connectivity index (χ0v) is 18.8. The van der Waals surface area contributed by atoms with Gasteiger partial charge in [-0.2, -0.15) is 0 Å². The number of aliphatic carboxylic acids is 1. The third kappa shape index (κ3) is 3.10. The number of carbonyl (C=O) groups is 1. The Morgan fingerprint density at radius 2 is 1.83 bits per heavy atom. The molecule has 0 saturated heterocycles. The summed E-state index contributed by atoms with van der Waals surface area (Å²) in [5.41, 5.74) is 1.69. The van der Waals surface area contributed by atoms with E-state index in [-0.39, 0.29) is 24.0 Å². The Labute approximate surface area is 180 Å². The Bertz CT molecular complexity index is 839. The van der Waals surface area contributed by atoms with Crippen molar-refractivity contribution in [3.8, 4) is 5.75 Å². The second-order valence-electron chi connectivity index (χ2n) is 10.8. The number of ether oxygens (including phenoxy) is 1. The molecule has 3 fully saturated rings. The van der Waals surface area contributed by atoms with Crippen molar-refractivity contribution in [2.75, 3.05) is 13.2 Å². The van der Waals surface area contributed by atoms with E-state index in [1.807, 2.05) is 30.3 Å². The number of rotatable bonds is 6. The number of benzene rings is 1. The summed E-state index contributed by atoms with van der Waals surface area (Å²) >= 11 is 0. The Morgan fingerprint density at radius 3 is 2.47 bits per heavy atom. The number of carboxylic acids is 1. The minimum atomic E-state index is -0.796. The summed E-state index contributed by atoms with van der Waals surface area (Å²) in [6, 6.07) is 7.48. The quantitative estimate of drug-likeness (QED) is 0.614. The summed E-state index contributed by atoms with van der Waals surface area (Å²) < 4.78 is 5.43. The van der Waals surface area contributed by atoms with Crippen LogP contribution in [0.4, 0.5) is 0 Å². The van der Waals surface area contributed by atoms with Gasteiger partial charge in [0.25, 0.3) is 0 Å². The molecule has 0 amide bonds. The predicted octanol–water partition coefficient (Wildman–Crippen LogP) is 5.40. The van der Waals surface area contributed by atoms with E-state index in [9.17, 15) is 9.90 Å². The molecule has 2 N–H and O–H groups in total. The highest BCUT2D eigenvalue weighted by atomic mass is 16.5. The molecule has 4 nitrogen and oxygen atoms in total. The smallest absolute Gasteiger partial charge is 0.332 e. The lowest BCUT2D eigenvalue weighted by Gasteiger charge is -2.48. The van der Waals surface area contributed by atoms with Crippen LogP contribution in [0, 0.1) is 34.0 Å². The van der Waals surface area contributed by atoms with E-state index < -0.39 is 5.97 Å². The van der Waals surface area contributed by atoms with Crippen molar-refractivity contribution in [2.45, 2.75) is 59.8 Å². The lowest BCUT2D eigenvalue weighted by molar-refractivity contribution is -0.135. The van der Waals surface area contributed by atoms with E-state index in [4.69, 9.17) is 9.84 Å². The van der Waals surface area contributed by atoms with E-state index in [0.717, 1.165) is 24.3 Å². The van der Waals surface area contributed by atoms with Gasteiger partial charge in [-0.05, 0) is 84.5 Å². The fourth-order valence-corrected chi connectivity index (χ4v) is 7.70. The molecule has 3 aliphatic carbocycles. The van der Waals surface area contributed by atoms with Crippen LogP contribution in [0.3, 0.4) is 0 Å². The van der Waals surface area contributed by atoms with E-state index in [0.29, 0.717) is 28.6 Å². The van der Waals surface area contributed by atoms with Crippen LogP contribution in [0.5, 0.6) is 5.75 Å². The minimum Gasteiger partial charge on any atom is -0.491 e. The number of aliphatic hydroxyl groups excluding tert-OH is 1. The largest absolute Gasteiger partial charge is 0.491 e. The number of aliphatic hydroxyl groups is 1. The van der Waals surface area contributed by atoms with E-state index in [1.54, 1.807) is 0 Å². The summed E-state index contributed by atoms with van der Waals surface area (Å²) in [7, 11) is 0. The van der Waals surface area contributed by atoms with Crippen LogP contribution in [-0.4, -0.2) is 29.4 Å². The highest BCUT2D eigenvalue weighted by molar-refractivity contribution is 5.94. The molecule has 2 bridgehead atoms. The third-order valence-corrected chi connectivity index (χ3v) is 9.22. The molecular formula is C26H36O4. The van der Waals surface area contributed by atoms with Gasteiger partial charge in [0.1, 0.15) is 12.4 Å². The van der Waals surface area contributed by atoms with E-state index >= 15 is 0 Å². The van der Waals surface area contributed by atoms with Crippen LogP contribution in [0.25, 0.3) is 6.08 Å². The summed E-state index contributed by atoms with van der Waals surface area (Å²) in [5, 5.41) is 19.2. The molecule has 0 unspecified atom stereocenters. The summed E-state index contributed by atoms with van der Waals surface area (Å²) in [6.45, 7) is 9.66. The van der Waals surface area contributed by atoms with E-state index in [2.05, 4.69) is 27.7 Å². The fraction of sp³-hybridized carbons (Fsp3) is 0.654. The van der Waals surface area contributed by atoms with Crippen LogP contribution in [0.1, 0.15) is 65.4 Å². The van der Waals surface area contributed by atoms with Gasteiger partial charge in [-0.15, -0.1) is 0 Å². The molecule has 3 aliphatic rings. The standard InChI is InChI=1S/C26H36O4/c1-17-5-10-21-24(2,3)22-16-26(17,21)12-11-25(22,4)20(23(28)29)15-18-6-8-19(9-7-18)30-14-13-27/h6-9,15,17,21-22,27H,5,10-14,16H2,1-4H3,(H,28,29)/b20-15-/t17-,21+,22-,25+,26+/m1/s1. The lowest BCUT2D eigenvalue weighted by atomic mass is 9.56. The van der Waals surface area contributed by atoms with Gasteiger partial charge in [0.15, 0.2) is 0 Å². The van der Waals surface area contributed by atoms with Crippen molar-refractivity contribution in [2.24, 2.45) is 34.0 Å². The predicted molar refractivity (Wildman–Crippen MR) is 118 cm³/mol. The van der Waals surface area contributed by atoms with Gasteiger partial charge in [-0.1, -0.05) is 39.8 Å². The van der Waals surface area contributed by atoms with Gasteiger partial charge in [0.05, 0.1) is 6.61 Å². The second kappa shape index (κ2) is 7.40. The van der Waals surface area contributed by atoms with Crippen molar-refractivity contribution in [3.63, 3.8) is 0 Å². The average Bonchev–Trinajstić information content (AvgIpc) is 3.13. The number of carboxylic acid groups (broad SMARTS) is 1. The maximum atomic E-state index is 12.5. The minimum absolute atomic E-state index is 0.0263. The first-order chi connectivity index (χ1) is 14.1. The molecular weight excluding hydrogens is 376 g/mol. The Kier molecular flexibility index (Phi) is 5.29. The van der Waals surface area contributed by atoms with Crippen molar-refractivity contribution in [3.05, 3.63) is 35.4 Å². The van der Waals surface area contributed by atoms with Crippen LogP contribution in [0.15, 0.2) is 29.8 Å². The van der Waals surface area contributed by atoms with Gasteiger partial charge < -0.3 is 14.9 Å². The first-order valence-electron chi connectivity index (χ1n) is 11.4. The number of hydrogen-bond donors (Lipinski definition) is 2. The summed E-state index contributed by atoms with van der Waals surface area (Å²) in [5.74, 6) is 1.74. The fourth-order valence-electron chi connectivity index (χ4n) is 7.70. The lowest BCUT2D eigenvalue weighted by Crippen LogP contribution is -2.42.